The average molecular weight is 240 g/mol. The zero-order chi connectivity index (χ0) is 8.32. The molecule has 0 bridgehead atoms. The summed E-state index contributed by atoms with van der Waals surface area (Å²) in [5.41, 5.74) is 0. The molecule has 5 nitrogen and oxygen atoms in total. The molecule has 1 rings (SSSR count). The molecule has 0 amide bonds. The quantitative estimate of drug-likeness (QED) is 0.398. The van der Waals surface area contributed by atoms with E-state index in [2.05, 4.69) is 4.52 Å². The van der Waals surface area contributed by atoms with E-state index in [4.69, 9.17) is 9.79 Å². The third-order valence-corrected chi connectivity index (χ3v) is 1.42. The minimum Gasteiger partial charge on any atom is -1.00 e. The van der Waals surface area contributed by atoms with E-state index in [0.717, 1.165) is 0 Å². The first-order valence-corrected chi connectivity index (χ1v) is 4.41. The van der Waals surface area contributed by atoms with Crippen molar-refractivity contribution in [3.05, 3.63) is 30.3 Å². The first kappa shape index (κ1) is 20.5. The molecule has 0 atom stereocenters. The Bertz CT molecular complexity index is 284. The molecule has 0 unspecified atom stereocenters. The Morgan fingerprint density at radius 1 is 1.14 bits per heavy atom. The topological polar surface area (TPSA) is 98.3 Å². The van der Waals surface area contributed by atoms with Gasteiger partial charge in [-0.2, -0.15) is 0 Å². The summed E-state index contributed by atoms with van der Waals surface area (Å²) in [6.45, 7) is 0. The van der Waals surface area contributed by atoms with Crippen LogP contribution < -0.4 is 63.6 Å². The Kier molecular flexibility index (Phi) is 13.7. The number of para-hydroxylation sites is 1. The zero-order valence-corrected chi connectivity index (χ0v) is 12.9. The second-order valence-electron chi connectivity index (χ2n) is 1.89. The van der Waals surface area contributed by atoms with Gasteiger partial charge in [0.1, 0.15) is 5.75 Å². The van der Waals surface area contributed by atoms with Crippen LogP contribution in [0.5, 0.6) is 5.75 Å². The van der Waals surface area contributed by atoms with E-state index in [-0.39, 0.29) is 73.2 Å². The maximum atomic E-state index is 10.3. The van der Waals surface area contributed by atoms with E-state index in [1.54, 1.807) is 18.2 Å². The largest absolute Gasteiger partial charge is 1.00 e. The molecule has 0 spiro atoms. The Balaban J connectivity index is -0.0000000807. The fourth-order valence-corrected chi connectivity index (χ4v) is 1.02. The summed E-state index contributed by atoms with van der Waals surface area (Å²) in [6.07, 6.45) is 0. The number of hydrogen-bond acceptors (Lipinski definition) is 2. The van der Waals surface area contributed by atoms with Crippen molar-refractivity contribution >= 4 is 7.82 Å². The SMILES string of the molecule is O.O=P(O)(O)Oc1ccccc1.[H-].[H-].[Na+].[Na+]. The second kappa shape index (κ2) is 9.36. The van der Waals surface area contributed by atoms with Gasteiger partial charge in [0.15, 0.2) is 0 Å². The molecular weight excluding hydrogens is 229 g/mol. The minimum absolute atomic E-state index is 0. The average Bonchev–Trinajstić information content (AvgIpc) is 1.85. The summed E-state index contributed by atoms with van der Waals surface area (Å²) < 4.78 is 14.5. The molecule has 72 valence electrons. The Labute approximate surface area is 129 Å². The third kappa shape index (κ3) is 9.68. The van der Waals surface area contributed by atoms with Crippen molar-refractivity contribution in [3.63, 3.8) is 0 Å². The van der Waals surface area contributed by atoms with Crippen LogP contribution in [0, 0.1) is 0 Å². The van der Waals surface area contributed by atoms with E-state index in [1.807, 2.05) is 0 Å². The molecule has 0 saturated heterocycles. The van der Waals surface area contributed by atoms with Gasteiger partial charge in [0.25, 0.3) is 0 Å². The minimum atomic E-state index is -4.39. The predicted molar refractivity (Wildman–Crippen MR) is 45.0 cm³/mol. The summed E-state index contributed by atoms with van der Waals surface area (Å²) >= 11 is 0. The summed E-state index contributed by atoms with van der Waals surface area (Å²) in [6, 6.07) is 7.93. The standard InChI is InChI=1S/C6H7O4P.2Na.H2O.2H/c7-11(8,9)10-6-4-2-1-3-5-6;;;;;/h1-5H,(H2,7,8,9);;;1H2;;/q;2*+1;;2*-1. The normalized spacial score (nSPS) is 8.71. The smallest absolute Gasteiger partial charge is 1.00 e. The van der Waals surface area contributed by atoms with E-state index < -0.39 is 7.82 Å². The van der Waals surface area contributed by atoms with Crippen LogP contribution in [0.1, 0.15) is 2.85 Å². The summed E-state index contributed by atoms with van der Waals surface area (Å²) in [5.74, 6) is 0.167. The molecule has 1 aromatic carbocycles. The first-order valence-electron chi connectivity index (χ1n) is 2.88. The zero-order valence-electron chi connectivity index (χ0n) is 10.0. The van der Waals surface area contributed by atoms with Crippen LogP contribution in [0.3, 0.4) is 0 Å². The Hall–Kier alpha value is 1.13. The molecule has 14 heavy (non-hydrogen) atoms. The summed E-state index contributed by atoms with van der Waals surface area (Å²) in [7, 11) is -4.39. The summed E-state index contributed by atoms with van der Waals surface area (Å²) in [5, 5.41) is 0. The molecule has 0 aliphatic rings. The van der Waals surface area contributed by atoms with Crippen molar-refractivity contribution in [2.45, 2.75) is 0 Å². The maximum Gasteiger partial charge on any atom is 1.00 e. The van der Waals surface area contributed by atoms with E-state index in [0.29, 0.717) is 0 Å². The van der Waals surface area contributed by atoms with Crippen LogP contribution in [0.15, 0.2) is 30.3 Å². The third-order valence-electron chi connectivity index (χ3n) is 0.968. The van der Waals surface area contributed by atoms with Gasteiger partial charge < -0.3 is 12.9 Å². The maximum absolute atomic E-state index is 10.3. The van der Waals surface area contributed by atoms with Gasteiger partial charge in [-0.05, 0) is 12.1 Å². The van der Waals surface area contributed by atoms with Crippen LogP contribution in [0.4, 0.5) is 0 Å². The van der Waals surface area contributed by atoms with Crippen molar-refractivity contribution in [2.75, 3.05) is 0 Å². The van der Waals surface area contributed by atoms with Crippen molar-refractivity contribution in [1.82, 2.24) is 0 Å². The molecule has 0 fully saturated rings. The molecule has 0 radical (unpaired) electrons. The number of phosphoric ester groups is 1. The number of hydrogen-bond donors (Lipinski definition) is 2. The Morgan fingerprint density at radius 3 is 1.93 bits per heavy atom. The van der Waals surface area contributed by atoms with E-state index in [9.17, 15) is 4.57 Å². The molecule has 8 heteroatoms. The van der Waals surface area contributed by atoms with Gasteiger partial charge >= 0.3 is 66.9 Å². The van der Waals surface area contributed by atoms with Crippen molar-refractivity contribution in [1.29, 1.82) is 0 Å². The van der Waals surface area contributed by atoms with E-state index >= 15 is 0 Å². The molecule has 0 aromatic heterocycles. The molecule has 4 N–H and O–H groups in total. The Morgan fingerprint density at radius 2 is 1.57 bits per heavy atom. The molecule has 0 aliphatic heterocycles. The number of benzene rings is 1. The van der Waals surface area contributed by atoms with Crippen molar-refractivity contribution in [2.24, 2.45) is 0 Å². The van der Waals surface area contributed by atoms with Gasteiger partial charge in [-0.3, -0.25) is 9.79 Å². The van der Waals surface area contributed by atoms with Gasteiger partial charge in [0.2, 0.25) is 0 Å². The molecule has 0 aliphatic carbocycles. The van der Waals surface area contributed by atoms with Crippen LogP contribution in [-0.4, -0.2) is 15.3 Å². The molecule has 0 heterocycles. The number of phosphoric acid groups is 1. The number of rotatable bonds is 2. The molecule has 1 aromatic rings. The van der Waals surface area contributed by atoms with Gasteiger partial charge in [-0.25, -0.2) is 4.57 Å². The predicted octanol–water partition coefficient (Wildman–Crippen LogP) is -5.43. The van der Waals surface area contributed by atoms with Gasteiger partial charge in [0.05, 0.1) is 0 Å². The van der Waals surface area contributed by atoms with Crippen LogP contribution in [0.25, 0.3) is 0 Å². The fraction of sp³-hybridized carbons (Fsp3) is 0. The van der Waals surface area contributed by atoms with Crippen molar-refractivity contribution < 1.29 is 86.3 Å². The van der Waals surface area contributed by atoms with Crippen LogP contribution in [0.2, 0.25) is 0 Å². The fourth-order valence-electron chi connectivity index (χ4n) is 0.619. The van der Waals surface area contributed by atoms with Crippen molar-refractivity contribution in [3.8, 4) is 5.75 Å². The molecular formula is C6H11Na2O5P. The second-order valence-corrected chi connectivity index (χ2v) is 3.06. The van der Waals surface area contributed by atoms with Gasteiger partial charge in [-0.15, -0.1) is 0 Å². The first-order chi connectivity index (χ1) is 5.08. The van der Waals surface area contributed by atoms with Gasteiger partial charge in [0, 0.05) is 0 Å². The monoisotopic (exact) mass is 240 g/mol. The van der Waals surface area contributed by atoms with Crippen LogP contribution in [-0.2, 0) is 4.57 Å². The summed E-state index contributed by atoms with van der Waals surface area (Å²) in [4.78, 5) is 16.7. The van der Waals surface area contributed by atoms with Crippen LogP contribution >= 0.6 is 7.82 Å². The molecule has 0 saturated carbocycles. The van der Waals surface area contributed by atoms with Gasteiger partial charge in [-0.1, -0.05) is 18.2 Å². The van der Waals surface area contributed by atoms with E-state index in [1.165, 1.54) is 12.1 Å².